The maximum atomic E-state index is 13.6. The van der Waals surface area contributed by atoms with Crippen molar-refractivity contribution < 1.29 is 9.18 Å². The molecule has 1 aliphatic heterocycles. The number of rotatable bonds is 5. The van der Waals surface area contributed by atoms with Crippen LogP contribution in [0.4, 0.5) is 15.9 Å². The average Bonchev–Trinajstić information content (AvgIpc) is 2.79. The van der Waals surface area contributed by atoms with E-state index < -0.39 is 0 Å². The predicted molar refractivity (Wildman–Crippen MR) is 112 cm³/mol. The molecule has 1 fully saturated rings. The minimum absolute atomic E-state index is 0.0194. The summed E-state index contributed by atoms with van der Waals surface area (Å²) >= 11 is 0. The first kappa shape index (κ1) is 19.9. The number of carbonyl (C=O) groups excluding carboxylic acids is 1. The van der Waals surface area contributed by atoms with E-state index >= 15 is 0 Å². The number of nitrogens with one attached hydrogen (secondary N) is 1. The molecule has 1 aromatic carbocycles. The van der Waals surface area contributed by atoms with Crippen LogP contribution in [0.2, 0.25) is 0 Å². The molecule has 0 radical (unpaired) electrons. The molecule has 0 bridgehead atoms. The van der Waals surface area contributed by atoms with Crippen LogP contribution in [0.5, 0.6) is 0 Å². The van der Waals surface area contributed by atoms with Crippen LogP contribution in [0.25, 0.3) is 11.5 Å². The molecule has 7 nitrogen and oxygen atoms in total. The van der Waals surface area contributed by atoms with E-state index in [0.717, 1.165) is 19.4 Å². The summed E-state index contributed by atoms with van der Waals surface area (Å²) in [5.41, 5.74) is 1.17. The molecule has 4 rings (SSSR count). The Bertz CT molecular complexity index is 1030. The Morgan fingerprint density at radius 3 is 2.80 bits per heavy atom. The number of aromatic nitrogens is 4. The molecular weight excluding hydrogens is 383 g/mol. The highest BCUT2D eigenvalue weighted by atomic mass is 19.1. The Labute approximate surface area is 174 Å². The average molecular weight is 406 g/mol. The fraction of sp³-hybridized carbons (Fsp3) is 0.318. The second kappa shape index (κ2) is 8.94. The monoisotopic (exact) mass is 406 g/mol. The second-order valence-corrected chi connectivity index (χ2v) is 7.24. The molecule has 0 saturated carbocycles. The third-order valence-corrected chi connectivity index (χ3v) is 5.08. The SMILES string of the molecule is CCC(=O)N1CCCC(c2nc(Nc3cccc(F)c3)cc(-c3ncccn3)n2)C1. The van der Waals surface area contributed by atoms with Crippen LogP contribution in [0.1, 0.15) is 37.9 Å². The van der Waals surface area contributed by atoms with Crippen LogP contribution in [-0.4, -0.2) is 43.8 Å². The molecule has 0 spiro atoms. The standard InChI is InChI=1S/C22H23FN6O/c1-2-20(30)29-11-4-6-15(14-29)21-27-18(22-24-9-5-10-25-22)13-19(28-21)26-17-8-3-7-16(23)12-17/h3,5,7-10,12-13,15H,2,4,6,11,14H2,1H3,(H,26,27,28). The summed E-state index contributed by atoms with van der Waals surface area (Å²) in [5.74, 6) is 1.48. The van der Waals surface area contributed by atoms with Crippen molar-refractivity contribution >= 4 is 17.4 Å². The van der Waals surface area contributed by atoms with E-state index in [1.807, 2.05) is 11.8 Å². The normalized spacial score (nSPS) is 16.3. The molecule has 1 unspecified atom stereocenters. The van der Waals surface area contributed by atoms with Crippen LogP contribution in [0.15, 0.2) is 48.8 Å². The van der Waals surface area contributed by atoms with E-state index in [-0.39, 0.29) is 17.6 Å². The lowest BCUT2D eigenvalue weighted by molar-refractivity contribution is -0.132. The topological polar surface area (TPSA) is 83.9 Å². The fourth-order valence-electron chi connectivity index (χ4n) is 3.61. The molecule has 1 saturated heterocycles. The highest BCUT2D eigenvalue weighted by Crippen LogP contribution is 2.28. The summed E-state index contributed by atoms with van der Waals surface area (Å²) in [6.07, 6.45) is 5.60. The van der Waals surface area contributed by atoms with Gasteiger partial charge in [0.1, 0.15) is 23.2 Å². The lowest BCUT2D eigenvalue weighted by atomic mass is 9.96. The molecule has 1 N–H and O–H groups in total. The van der Waals surface area contributed by atoms with E-state index in [4.69, 9.17) is 4.98 Å². The van der Waals surface area contributed by atoms with E-state index in [1.165, 1.54) is 12.1 Å². The first-order valence-electron chi connectivity index (χ1n) is 10.1. The summed E-state index contributed by atoms with van der Waals surface area (Å²) in [6, 6.07) is 9.69. The molecule has 154 valence electrons. The van der Waals surface area contributed by atoms with Crippen molar-refractivity contribution in [2.24, 2.45) is 0 Å². The van der Waals surface area contributed by atoms with Crippen LogP contribution in [0, 0.1) is 5.82 Å². The van der Waals surface area contributed by atoms with Gasteiger partial charge in [0, 0.05) is 49.6 Å². The molecule has 8 heteroatoms. The van der Waals surface area contributed by atoms with Crippen molar-refractivity contribution in [1.29, 1.82) is 0 Å². The molecular formula is C22H23FN6O. The molecule has 0 aliphatic carbocycles. The summed E-state index contributed by atoms with van der Waals surface area (Å²) < 4.78 is 13.6. The highest BCUT2D eigenvalue weighted by Gasteiger charge is 2.26. The van der Waals surface area contributed by atoms with E-state index in [9.17, 15) is 9.18 Å². The number of benzene rings is 1. The van der Waals surface area contributed by atoms with Crippen molar-refractivity contribution in [2.75, 3.05) is 18.4 Å². The first-order chi connectivity index (χ1) is 14.6. The Balaban J connectivity index is 1.69. The molecule has 3 heterocycles. The number of hydrogen-bond acceptors (Lipinski definition) is 6. The number of hydrogen-bond donors (Lipinski definition) is 1. The van der Waals surface area contributed by atoms with Gasteiger partial charge in [0.05, 0.1) is 0 Å². The quantitative estimate of drug-likeness (QED) is 0.691. The Morgan fingerprint density at radius 1 is 1.20 bits per heavy atom. The molecule has 30 heavy (non-hydrogen) atoms. The Hall–Kier alpha value is -3.42. The van der Waals surface area contributed by atoms with E-state index in [1.54, 1.807) is 36.7 Å². The zero-order valence-electron chi connectivity index (χ0n) is 16.8. The number of piperidine rings is 1. The third kappa shape index (κ3) is 4.59. The molecule has 2 aromatic heterocycles. The van der Waals surface area contributed by atoms with Crippen LogP contribution >= 0.6 is 0 Å². The number of anilines is 2. The summed E-state index contributed by atoms with van der Waals surface area (Å²) in [5, 5.41) is 3.15. The largest absolute Gasteiger partial charge is 0.342 e. The van der Waals surface area contributed by atoms with Gasteiger partial charge in [-0.1, -0.05) is 13.0 Å². The van der Waals surface area contributed by atoms with Gasteiger partial charge in [0.15, 0.2) is 5.82 Å². The Kier molecular flexibility index (Phi) is 5.92. The van der Waals surface area contributed by atoms with Crippen molar-refractivity contribution in [3.05, 3.63) is 60.4 Å². The van der Waals surface area contributed by atoms with Crippen LogP contribution < -0.4 is 5.32 Å². The number of halogens is 1. The minimum atomic E-state index is -0.332. The number of nitrogens with zero attached hydrogens (tertiary/aromatic N) is 5. The zero-order chi connectivity index (χ0) is 20.9. The van der Waals surface area contributed by atoms with Gasteiger partial charge in [-0.3, -0.25) is 4.79 Å². The van der Waals surface area contributed by atoms with Crippen LogP contribution in [0.3, 0.4) is 0 Å². The Morgan fingerprint density at radius 2 is 2.03 bits per heavy atom. The smallest absolute Gasteiger partial charge is 0.222 e. The molecule has 1 aliphatic rings. The van der Waals surface area contributed by atoms with E-state index in [2.05, 4.69) is 20.3 Å². The van der Waals surface area contributed by atoms with Crippen molar-refractivity contribution in [1.82, 2.24) is 24.8 Å². The fourth-order valence-corrected chi connectivity index (χ4v) is 3.61. The maximum absolute atomic E-state index is 13.6. The summed E-state index contributed by atoms with van der Waals surface area (Å²) in [6.45, 7) is 3.22. The molecule has 1 atom stereocenters. The van der Waals surface area contributed by atoms with Gasteiger partial charge in [-0.25, -0.2) is 24.3 Å². The highest BCUT2D eigenvalue weighted by molar-refractivity contribution is 5.76. The van der Waals surface area contributed by atoms with Gasteiger partial charge in [0.2, 0.25) is 5.91 Å². The van der Waals surface area contributed by atoms with Crippen molar-refractivity contribution in [3.63, 3.8) is 0 Å². The number of amides is 1. The van der Waals surface area contributed by atoms with Crippen molar-refractivity contribution in [2.45, 2.75) is 32.1 Å². The lowest BCUT2D eigenvalue weighted by Gasteiger charge is -2.32. The number of carbonyl (C=O) groups is 1. The minimum Gasteiger partial charge on any atom is -0.342 e. The molecule has 1 amide bonds. The van der Waals surface area contributed by atoms with Crippen LogP contribution in [-0.2, 0) is 4.79 Å². The van der Waals surface area contributed by atoms with Gasteiger partial charge in [-0.15, -0.1) is 0 Å². The zero-order valence-corrected chi connectivity index (χ0v) is 16.8. The predicted octanol–water partition coefficient (Wildman–Crippen LogP) is 3.93. The third-order valence-electron chi connectivity index (χ3n) is 5.08. The summed E-state index contributed by atoms with van der Waals surface area (Å²) in [4.78, 5) is 32.1. The number of likely N-dealkylation sites (tertiary alicyclic amines) is 1. The lowest BCUT2D eigenvalue weighted by Crippen LogP contribution is -2.39. The second-order valence-electron chi connectivity index (χ2n) is 7.24. The van der Waals surface area contributed by atoms with Gasteiger partial charge >= 0.3 is 0 Å². The van der Waals surface area contributed by atoms with Gasteiger partial charge in [-0.2, -0.15) is 0 Å². The van der Waals surface area contributed by atoms with Gasteiger partial charge in [-0.05, 0) is 37.1 Å². The first-order valence-corrected chi connectivity index (χ1v) is 10.1. The van der Waals surface area contributed by atoms with Gasteiger partial charge in [0.25, 0.3) is 0 Å². The van der Waals surface area contributed by atoms with Gasteiger partial charge < -0.3 is 10.2 Å². The molecule has 3 aromatic rings. The van der Waals surface area contributed by atoms with Crippen molar-refractivity contribution in [3.8, 4) is 11.5 Å². The maximum Gasteiger partial charge on any atom is 0.222 e. The van der Waals surface area contributed by atoms with E-state index in [0.29, 0.717) is 41.8 Å². The summed E-state index contributed by atoms with van der Waals surface area (Å²) in [7, 11) is 0.